The van der Waals surface area contributed by atoms with E-state index in [4.69, 9.17) is 4.74 Å². The molecule has 2 aromatic rings. The van der Waals surface area contributed by atoms with Crippen LogP contribution in [-0.4, -0.2) is 24.0 Å². The fraction of sp³-hybridized carbons (Fsp3) is 0.200. The monoisotopic (exact) mass is 430 g/mol. The Balaban J connectivity index is 2.05. The van der Waals surface area contributed by atoms with Crippen LogP contribution in [0.1, 0.15) is 6.92 Å². The molecule has 0 bridgehead atoms. The van der Waals surface area contributed by atoms with Gasteiger partial charge in [0, 0.05) is 21.7 Å². The van der Waals surface area contributed by atoms with Gasteiger partial charge < -0.3 is 4.74 Å². The molecule has 2 rings (SSSR count). The van der Waals surface area contributed by atoms with E-state index in [9.17, 15) is 9.18 Å². The van der Waals surface area contributed by atoms with Crippen LogP contribution in [-0.2, 0) is 4.79 Å². The molecule has 0 aliphatic heterocycles. The Morgan fingerprint density at radius 2 is 2.00 bits per heavy atom. The zero-order chi connectivity index (χ0) is 16.1. The van der Waals surface area contributed by atoms with Gasteiger partial charge in [-0.15, -0.1) is 0 Å². The van der Waals surface area contributed by atoms with Gasteiger partial charge in [-0.1, -0.05) is 15.9 Å². The van der Waals surface area contributed by atoms with Gasteiger partial charge in [-0.05, 0) is 53.2 Å². The average molecular weight is 432 g/mol. The Bertz CT molecular complexity index is 665. The Hall–Kier alpha value is -1.47. The summed E-state index contributed by atoms with van der Waals surface area (Å²) in [6.45, 7) is 2.02. The third-order valence-corrected chi connectivity index (χ3v) is 3.81. The van der Waals surface area contributed by atoms with Crippen LogP contribution in [0.2, 0.25) is 0 Å². The molecule has 0 unspecified atom stereocenters. The van der Waals surface area contributed by atoms with Crippen LogP contribution < -0.4 is 9.64 Å². The molecule has 1 aromatic carbocycles. The van der Waals surface area contributed by atoms with E-state index in [1.807, 2.05) is 6.92 Å². The van der Waals surface area contributed by atoms with Gasteiger partial charge in [0.25, 0.3) is 5.91 Å². The average Bonchev–Trinajstić information content (AvgIpc) is 2.49. The van der Waals surface area contributed by atoms with Gasteiger partial charge in [-0.3, -0.25) is 9.69 Å². The maximum atomic E-state index is 13.7. The number of benzene rings is 1. The van der Waals surface area contributed by atoms with Crippen LogP contribution in [0.25, 0.3) is 0 Å². The molecule has 1 amide bonds. The smallest absolute Gasteiger partial charge is 0.266 e. The summed E-state index contributed by atoms with van der Waals surface area (Å²) in [5.74, 6) is -0.251. The number of pyridine rings is 1. The number of nitrogens with zero attached hydrogens (tertiary/aromatic N) is 2. The third-order valence-electron chi connectivity index (χ3n) is 2.85. The Morgan fingerprint density at radius 1 is 1.27 bits per heavy atom. The summed E-state index contributed by atoms with van der Waals surface area (Å²) in [5, 5.41) is 0. The summed E-state index contributed by atoms with van der Waals surface area (Å²) < 4.78 is 20.3. The maximum absolute atomic E-state index is 13.7. The standard InChI is InChI=1S/C15H13Br2FN2O2/c1-2-20(14-6-4-11(17)8-19-14)15(21)9-22-13-5-3-10(16)7-12(13)18/h3-8H,2,9H2,1H3. The molecule has 116 valence electrons. The number of anilines is 1. The van der Waals surface area contributed by atoms with E-state index in [0.717, 1.165) is 4.47 Å². The number of likely N-dealkylation sites (N-methyl/N-ethyl adjacent to an activating group) is 1. The number of carbonyl (C=O) groups is 1. The molecule has 0 atom stereocenters. The first-order valence-electron chi connectivity index (χ1n) is 6.51. The summed E-state index contributed by atoms with van der Waals surface area (Å²) in [4.78, 5) is 17.9. The van der Waals surface area contributed by atoms with Gasteiger partial charge in [0.2, 0.25) is 0 Å². The van der Waals surface area contributed by atoms with Gasteiger partial charge in [0.1, 0.15) is 5.82 Å². The normalized spacial score (nSPS) is 10.4. The summed E-state index contributed by atoms with van der Waals surface area (Å²) in [7, 11) is 0. The highest BCUT2D eigenvalue weighted by Crippen LogP contribution is 2.22. The lowest BCUT2D eigenvalue weighted by Crippen LogP contribution is -2.35. The minimum Gasteiger partial charge on any atom is -0.481 e. The first-order valence-corrected chi connectivity index (χ1v) is 8.09. The van der Waals surface area contributed by atoms with Crippen molar-refractivity contribution in [2.75, 3.05) is 18.1 Å². The van der Waals surface area contributed by atoms with E-state index in [1.54, 1.807) is 24.4 Å². The van der Waals surface area contributed by atoms with E-state index < -0.39 is 5.82 Å². The summed E-state index contributed by atoms with van der Waals surface area (Å²) in [6.07, 6.45) is 1.61. The Labute approximate surface area is 144 Å². The number of aromatic nitrogens is 1. The minimum atomic E-state index is -0.521. The number of carbonyl (C=O) groups excluding carboxylic acids is 1. The zero-order valence-corrected chi connectivity index (χ0v) is 14.9. The van der Waals surface area contributed by atoms with Crippen molar-refractivity contribution in [1.29, 1.82) is 0 Å². The second-order valence-electron chi connectivity index (χ2n) is 4.34. The lowest BCUT2D eigenvalue weighted by molar-refractivity contribution is -0.120. The van der Waals surface area contributed by atoms with E-state index in [-0.39, 0.29) is 18.3 Å². The number of amides is 1. The lowest BCUT2D eigenvalue weighted by Gasteiger charge is -2.20. The first kappa shape index (κ1) is 16.9. The van der Waals surface area contributed by atoms with E-state index >= 15 is 0 Å². The van der Waals surface area contributed by atoms with Crippen molar-refractivity contribution in [1.82, 2.24) is 4.98 Å². The highest BCUT2D eigenvalue weighted by Gasteiger charge is 2.16. The number of hydrogen-bond donors (Lipinski definition) is 0. The Kier molecular flexibility index (Phi) is 5.90. The molecule has 7 heteroatoms. The fourth-order valence-corrected chi connectivity index (χ4v) is 2.37. The third kappa shape index (κ3) is 4.27. The van der Waals surface area contributed by atoms with Crippen LogP contribution in [0.4, 0.5) is 10.2 Å². The molecule has 0 aliphatic carbocycles. The lowest BCUT2D eigenvalue weighted by atomic mass is 10.3. The molecule has 4 nitrogen and oxygen atoms in total. The molecule has 22 heavy (non-hydrogen) atoms. The second-order valence-corrected chi connectivity index (χ2v) is 6.17. The largest absolute Gasteiger partial charge is 0.481 e. The van der Waals surface area contributed by atoms with Gasteiger partial charge >= 0.3 is 0 Å². The SMILES string of the molecule is CCN(C(=O)COc1ccc(Br)cc1F)c1ccc(Br)cn1. The van der Waals surface area contributed by atoms with E-state index in [0.29, 0.717) is 16.8 Å². The molecule has 0 spiro atoms. The molecule has 0 N–H and O–H groups in total. The van der Waals surface area contributed by atoms with Crippen molar-refractivity contribution < 1.29 is 13.9 Å². The zero-order valence-electron chi connectivity index (χ0n) is 11.7. The molecule has 1 heterocycles. The van der Waals surface area contributed by atoms with Crippen LogP contribution in [0.3, 0.4) is 0 Å². The van der Waals surface area contributed by atoms with E-state index in [2.05, 4.69) is 36.8 Å². The molecule has 0 aliphatic rings. The fourth-order valence-electron chi connectivity index (χ4n) is 1.80. The van der Waals surface area contributed by atoms with Crippen molar-refractivity contribution >= 4 is 43.6 Å². The van der Waals surface area contributed by atoms with Crippen molar-refractivity contribution in [3.63, 3.8) is 0 Å². The number of halogens is 3. The van der Waals surface area contributed by atoms with Gasteiger partial charge in [-0.2, -0.15) is 0 Å². The molecule has 0 radical (unpaired) electrons. The topological polar surface area (TPSA) is 42.4 Å². The van der Waals surface area contributed by atoms with Crippen LogP contribution in [0.5, 0.6) is 5.75 Å². The molecule has 1 aromatic heterocycles. The predicted molar refractivity (Wildman–Crippen MR) is 89.6 cm³/mol. The van der Waals surface area contributed by atoms with Crippen molar-refractivity contribution in [2.45, 2.75) is 6.92 Å². The second kappa shape index (κ2) is 7.69. The Morgan fingerprint density at radius 3 is 2.59 bits per heavy atom. The van der Waals surface area contributed by atoms with Crippen LogP contribution >= 0.6 is 31.9 Å². The van der Waals surface area contributed by atoms with Crippen molar-refractivity contribution in [3.8, 4) is 5.75 Å². The summed E-state index contributed by atoms with van der Waals surface area (Å²) in [5.41, 5.74) is 0. The molecular formula is C15H13Br2FN2O2. The van der Waals surface area contributed by atoms with Crippen molar-refractivity contribution in [2.24, 2.45) is 0 Å². The highest BCUT2D eigenvalue weighted by atomic mass is 79.9. The van der Waals surface area contributed by atoms with Crippen molar-refractivity contribution in [3.05, 3.63) is 51.3 Å². The molecule has 0 saturated carbocycles. The maximum Gasteiger partial charge on any atom is 0.266 e. The molecule has 0 fully saturated rings. The quantitative estimate of drug-likeness (QED) is 0.713. The number of hydrogen-bond acceptors (Lipinski definition) is 3. The highest BCUT2D eigenvalue weighted by molar-refractivity contribution is 9.10. The molecule has 0 saturated heterocycles. The first-order chi connectivity index (χ1) is 10.5. The van der Waals surface area contributed by atoms with E-state index in [1.165, 1.54) is 17.0 Å². The summed E-state index contributed by atoms with van der Waals surface area (Å²) >= 11 is 6.46. The van der Waals surface area contributed by atoms with Gasteiger partial charge in [0.15, 0.2) is 18.2 Å². The van der Waals surface area contributed by atoms with Crippen LogP contribution in [0, 0.1) is 5.82 Å². The summed E-state index contributed by atoms with van der Waals surface area (Å²) in [6, 6.07) is 7.94. The van der Waals surface area contributed by atoms with Crippen LogP contribution in [0.15, 0.2) is 45.5 Å². The molecular weight excluding hydrogens is 419 g/mol. The predicted octanol–water partition coefficient (Wildman–Crippen LogP) is 4.18. The number of rotatable bonds is 5. The minimum absolute atomic E-state index is 0.0383. The number of ether oxygens (including phenoxy) is 1. The van der Waals surface area contributed by atoms with Gasteiger partial charge in [-0.25, -0.2) is 9.37 Å². The van der Waals surface area contributed by atoms with Gasteiger partial charge in [0.05, 0.1) is 0 Å².